The average Bonchev–Trinajstić information content (AvgIpc) is 1.89. The molecule has 0 rings (SSSR count). The van der Waals surface area contributed by atoms with Crippen LogP contribution in [0, 0.1) is 5.92 Å². The topological polar surface area (TPSA) is 9.23 Å². The van der Waals surface area contributed by atoms with E-state index in [1.807, 2.05) is 0 Å². The minimum atomic E-state index is 0.875. The fourth-order valence-electron chi connectivity index (χ4n) is 0.780. The Morgan fingerprint density at radius 1 is 1.44 bits per heavy atom. The maximum atomic E-state index is 4.94. The summed E-state index contributed by atoms with van der Waals surface area (Å²) in [6, 6.07) is 0. The van der Waals surface area contributed by atoms with Crippen molar-refractivity contribution < 1.29 is 4.74 Å². The summed E-state index contributed by atoms with van der Waals surface area (Å²) >= 11 is 0. The van der Waals surface area contributed by atoms with Crippen molar-refractivity contribution in [3.8, 4) is 0 Å². The molecule has 1 heteroatoms. The van der Waals surface area contributed by atoms with Gasteiger partial charge in [-0.15, -0.1) is 0 Å². The van der Waals surface area contributed by atoms with E-state index in [0.29, 0.717) is 0 Å². The Morgan fingerprint density at radius 3 is 2.56 bits per heavy atom. The number of methoxy groups -OCH3 is 1. The van der Waals surface area contributed by atoms with E-state index < -0.39 is 0 Å². The van der Waals surface area contributed by atoms with Crippen LogP contribution in [0.3, 0.4) is 0 Å². The minimum absolute atomic E-state index is 0.875. The van der Waals surface area contributed by atoms with E-state index >= 15 is 0 Å². The molecule has 0 aromatic carbocycles. The first-order valence-corrected chi connectivity index (χ1v) is 3.80. The van der Waals surface area contributed by atoms with Gasteiger partial charge in [0.15, 0.2) is 0 Å². The summed E-state index contributed by atoms with van der Waals surface area (Å²) in [6.07, 6.45) is 3.82. The van der Waals surface area contributed by atoms with E-state index in [2.05, 4.69) is 13.8 Å². The third-order valence-electron chi connectivity index (χ3n) is 1.74. The van der Waals surface area contributed by atoms with E-state index in [4.69, 9.17) is 4.74 Å². The van der Waals surface area contributed by atoms with Gasteiger partial charge in [-0.25, -0.2) is 0 Å². The zero-order valence-corrected chi connectivity index (χ0v) is 6.81. The number of hydrogen-bond donors (Lipinski definition) is 0. The van der Waals surface area contributed by atoms with Crippen LogP contribution in [0.2, 0.25) is 0 Å². The van der Waals surface area contributed by atoms with Crippen LogP contribution in [-0.2, 0) is 4.74 Å². The molecule has 1 unspecified atom stereocenters. The summed E-state index contributed by atoms with van der Waals surface area (Å²) in [5, 5.41) is 0. The van der Waals surface area contributed by atoms with Crippen molar-refractivity contribution in [1.29, 1.82) is 0 Å². The molecule has 0 aromatic rings. The molecule has 0 fully saturated rings. The third kappa shape index (κ3) is 5.84. The third-order valence-corrected chi connectivity index (χ3v) is 1.74. The van der Waals surface area contributed by atoms with Crippen LogP contribution in [0.1, 0.15) is 33.1 Å². The van der Waals surface area contributed by atoms with E-state index in [9.17, 15) is 0 Å². The van der Waals surface area contributed by atoms with Crippen LogP contribution in [-0.4, -0.2) is 13.7 Å². The maximum Gasteiger partial charge on any atom is 0.0462 e. The number of hydrogen-bond acceptors (Lipinski definition) is 1. The summed E-state index contributed by atoms with van der Waals surface area (Å²) in [4.78, 5) is 0. The Bertz CT molecular complexity index is 52.5. The molecule has 0 bridgehead atoms. The fourth-order valence-corrected chi connectivity index (χ4v) is 0.780. The molecule has 1 nitrogen and oxygen atoms in total. The molecule has 0 N–H and O–H groups in total. The Balaban J connectivity index is 2.88. The minimum Gasteiger partial charge on any atom is -0.385 e. The van der Waals surface area contributed by atoms with E-state index in [1.54, 1.807) is 7.11 Å². The summed E-state index contributed by atoms with van der Waals surface area (Å²) in [5.41, 5.74) is 0. The second-order valence-corrected chi connectivity index (χ2v) is 2.65. The van der Waals surface area contributed by atoms with Crippen molar-refractivity contribution in [3.63, 3.8) is 0 Å². The Kier molecular flexibility index (Phi) is 6.06. The van der Waals surface area contributed by atoms with Gasteiger partial charge in [0.25, 0.3) is 0 Å². The lowest BCUT2D eigenvalue weighted by molar-refractivity contribution is 0.187. The van der Waals surface area contributed by atoms with Gasteiger partial charge >= 0.3 is 0 Å². The van der Waals surface area contributed by atoms with Crippen molar-refractivity contribution >= 4 is 0 Å². The van der Waals surface area contributed by atoms with Crippen LogP contribution >= 0.6 is 0 Å². The zero-order valence-electron chi connectivity index (χ0n) is 6.81. The standard InChI is InChI=1S/C8H18O/c1-4-8(2)6-5-7-9-3/h8H,4-7H2,1-3H3. The highest BCUT2D eigenvalue weighted by molar-refractivity contribution is 4.48. The molecule has 56 valence electrons. The van der Waals surface area contributed by atoms with E-state index in [1.165, 1.54) is 19.3 Å². The summed E-state index contributed by atoms with van der Waals surface area (Å²) in [6.45, 7) is 5.44. The van der Waals surface area contributed by atoms with Gasteiger partial charge in [0, 0.05) is 13.7 Å². The summed E-state index contributed by atoms with van der Waals surface area (Å²) in [5.74, 6) is 0.875. The van der Waals surface area contributed by atoms with Crippen LogP contribution in [0.5, 0.6) is 0 Å². The lowest BCUT2D eigenvalue weighted by Crippen LogP contribution is -1.95. The van der Waals surface area contributed by atoms with Crippen LogP contribution in [0.15, 0.2) is 0 Å². The highest BCUT2D eigenvalue weighted by Crippen LogP contribution is 2.08. The number of rotatable bonds is 5. The average molecular weight is 130 g/mol. The lowest BCUT2D eigenvalue weighted by atomic mass is 10.0. The molecule has 0 aliphatic carbocycles. The molecular formula is C8H18O. The first kappa shape index (κ1) is 8.96. The molecule has 0 aliphatic heterocycles. The highest BCUT2D eigenvalue weighted by Gasteiger charge is 1.96. The molecule has 0 aromatic heterocycles. The quantitative estimate of drug-likeness (QED) is 0.519. The monoisotopic (exact) mass is 130 g/mol. The van der Waals surface area contributed by atoms with Gasteiger partial charge in [0.05, 0.1) is 0 Å². The molecule has 0 aliphatic rings. The molecule has 0 heterocycles. The van der Waals surface area contributed by atoms with Gasteiger partial charge in [-0.1, -0.05) is 20.3 Å². The summed E-state index contributed by atoms with van der Waals surface area (Å²) in [7, 11) is 1.76. The summed E-state index contributed by atoms with van der Waals surface area (Å²) < 4.78 is 4.94. The van der Waals surface area contributed by atoms with Gasteiger partial charge < -0.3 is 4.74 Å². The molecule has 0 radical (unpaired) electrons. The van der Waals surface area contributed by atoms with Gasteiger partial charge in [-0.05, 0) is 18.8 Å². The van der Waals surface area contributed by atoms with Crippen molar-refractivity contribution in [1.82, 2.24) is 0 Å². The Hall–Kier alpha value is -0.0400. The molecule has 1 atom stereocenters. The molecule has 9 heavy (non-hydrogen) atoms. The SMILES string of the molecule is CCC(C)CCCOC. The molecule has 0 spiro atoms. The smallest absolute Gasteiger partial charge is 0.0462 e. The molecule has 0 saturated carbocycles. The second-order valence-electron chi connectivity index (χ2n) is 2.65. The van der Waals surface area contributed by atoms with E-state index in [-0.39, 0.29) is 0 Å². The Labute approximate surface area is 58.4 Å². The molecular weight excluding hydrogens is 112 g/mol. The Morgan fingerprint density at radius 2 is 2.11 bits per heavy atom. The van der Waals surface area contributed by atoms with Crippen LogP contribution < -0.4 is 0 Å². The van der Waals surface area contributed by atoms with Gasteiger partial charge in [0.2, 0.25) is 0 Å². The van der Waals surface area contributed by atoms with Crippen molar-refractivity contribution in [2.45, 2.75) is 33.1 Å². The highest BCUT2D eigenvalue weighted by atomic mass is 16.5. The van der Waals surface area contributed by atoms with Gasteiger partial charge in [-0.3, -0.25) is 0 Å². The molecule has 0 saturated heterocycles. The molecule has 0 amide bonds. The maximum absolute atomic E-state index is 4.94. The van der Waals surface area contributed by atoms with Crippen LogP contribution in [0.25, 0.3) is 0 Å². The predicted octanol–water partition coefficient (Wildman–Crippen LogP) is 2.46. The van der Waals surface area contributed by atoms with Crippen molar-refractivity contribution in [2.75, 3.05) is 13.7 Å². The largest absolute Gasteiger partial charge is 0.385 e. The lowest BCUT2D eigenvalue weighted by Gasteiger charge is -2.05. The zero-order chi connectivity index (χ0) is 7.11. The van der Waals surface area contributed by atoms with Crippen molar-refractivity contribution in [3.05, 3.63) is 0 Å². The fraction of sp³-hybridized carbons (Fsp3) is 1.00. The first-order chi connectivity index (χ1) is 4.31. The van der Waals surface area contributed by atoms with Gasteiger partial charge in [-0.2, -0.15) is 0 Å². The van der Waals surface area contributed by atoms with Gasteiger partial charge in [0.1, 0.15) is 0 Å². The van der Waals surface area contributed by atoms with E-state index in [0.717, 1.165) is 12.5 Å². The first-order valence-electron chi connectivity index (χ1n) is 3.80. The normalized spacial score (nSPS) is 13.7. The van der Waals surface area contributed by atoms with Crippen LogP contribution in [0.4, 0.5) is 0 Å². The predicted molar refractivity (Wildman–Crippen MR) is 40.6 cm³/mol. The number of ether oxygens (including phenoxy) is 1. The second kappa shape index (κ2) is 6.09. The van der Waals surface area contributed by atoms with Crippen molar-refractivity contribution in [2.24, 2.45) is 5.92 Å².